The summed E-state index contributed by atoms with van der Waals surface area (Å²) in [6, 6.07) is 5.89. The molecular formula is C16H18F2N4O. The summed E-state index contributed by atoms with van der Waals surface area (Å²) >= 11 is 0. The minimum absolute atomic E-state index is 0.0173. The second-order valence-corrected chi connectivity index (χ2v) is 5.02. The van der Waals surface area contributed by atoms with Crippen LogP contribution >= 0.6 is 0 Å². The molecule has 122 valence electrons. The predicted molar refractivity (Wildman–Crippen MR) is 83.8 cm³/mol. The first-order valence-electron chi connectivity index (χ1n) is 7.14. The highest BCUT2D eigenvalue weighted by atomic mass is 19.1. The highest BCUT2D eigenvalue weighted by Gasteiger charge is 2.09. The molecule has 2 rings (SSSR count). The fourth-order valence-corrected chi connectivity index (χ4v) is 1.84. The number of aromatic nitrogens is 2. The molecule has 0 aliphatic rings. The predicted octanol–water partition coefficient (Wildman–Crippen LogP) is 3.34. The van der Waals surface area contributed by atoms with Crippen molar-refractivity contribution in [2.45, 2.75) is 20.0 Å². The Kier molecular flexibility index (Phi) is 5.56. The Morgan fingerprint density at radius 1 is 1.22 bits per heavy atom. The lowest BCUT2D eigenvalue weighted by molar-refractivity contribution is 0.279. The highest BCUT2D eigenvalue weighted by Crippen LogP contribution is 2.18. The first kappa shape index (κ1) is 16.8. The van der Waals surface area contributed by atoms with Crippen molar-refractivity contribution in [1.29, 1.82) is 0 Å². The average molecular weight is 320 g/mol. The molecule has 0 fully saturated rings. The molecule has 23 heavy (non-hydrogen) atoms. The smallest absolute Gasteiger partial charge is 0.318 e. The minimum Gasteiger partial charge on any atom is -0.459 e. The van der Waals surface area contributed by atoms with Gasteiger partial charge in [-0.25, -0.2) is 18.8 Å². The summed E-state index contributed by atoms with van der Waals surface area (Å²) in [5.41, 5.74) is 0.756. The van der Waals surface area contributed by atoms with E-state index in [1.807, 2.05) is 21.0 Å². The monoisotopic (exact) mass is 320 g/mol. The van der Waals surface area contributed by atoms with E-state index in [1.165, 1.54) is 12.1 Å². The van der Waals surface area contributed by atoms with Crippen LogP contribution in [-0.2, 0) is 6.61 Å². The van der Waals surface area contributed by atoms with Crippen molar-refractivity contribution in [2.75, 3.05) is 14.1 Å². The molecule has 2 aromatic rings. The van der Waals surface area contributed by atoms with Crippen molar-refractivity contribution in [3.05, 3.63) is 47.7 Å². The lowest BCUT2D eigenvalue weighted by atomic mass is 10.2. The van der Waals surface area contributed by atoms with Crippen LogP contribution in [0.15, 0.2) is 35.5 Å². The normalized spacial score (nSPS) is 11.4. The SMILES string of the molecule is CC/C(=N/c1nc(OCc2ccc(F)cc2)ncc1F)N(C)C. The van der Waals surface area contributed by atoms with Gasteiger partial charge in [0.1, 0.15) is 18.3 Å². The van der Waals surface area contributed by atoms with Crippen molar-refractivity contribution in [1.82, 2.24) is 14.9 Å². The summed E-state index contributed by atoms with van der Waals surface area (Å²) in [6.07, 6.45) is 1.66. The van der Waals surface area contributed by atoms with Gasteiger partial charge in [-0.15, -0.1) is 0 Å². The number of nitrogens with zero attached hydrogens (tertiary/aromatic N) is 4. The zero-order valence-corrected chi connectivity index (χ0v) is 13.3. The molecule has 0 N–H and O–H groups in total. The van der Waals surface area contributed by atoms with Crippen molar-refractivity contribution in [2.24, 2.45) is 4.99 Å². The van der Waals surface area contributed by atoms with E-state index >= 15 is 0 Å². The van der Waals surface area contributed by atoms with Crippen LogP contribution in [0.1, 0.15) is 18.9 Å². The number of hydrogen-bond donors (Lipinski definition) is 0. The number of amidine groups is 1. The molecular weight excluding hydrogens is 302 g/mol. The molecule has 1 aromatic heterocycles. The summed E-state index contributed by atoms with van der Waals surface area (Å²) in [4.78, 5) is 13.7. The number of benzene rings is 1. The van der Waals surface area contributed by atoms with E-state index in [0.29, 0.717) is 12.3 Å². The van der Waals surface area contributed by atoms with E-state index in [-0.39, 0.29) is 24.3 Å². The summed E-state index contributed by atoms with van der Waals surface area (Å²) < 4.78 is 32.0. The Labute approximate surface area is 133 Å². The van der Waals surface area contributed by atoms with Gasteiger partial charge in [0.05, 0.1) is 6.20 Å². The zero-order valence-electron chi connectivity index (χ0n) is 13.3. The second kappa shape index (κ2) is 7.62. The maximum Gasteiger partial charge on any atom is 0.318 e. The van der Waals surface area contributed by atoms with Crippen molar-refractivity contribution in [3.8, 4) is 6.01 Å². The van der Waals surface area contributed by atoms with E-state index in [1.54, 1.807) is 17.0 Å². The van der Waals surface area contributed by atoms with Crippen molar-refractivity contribution >= 4 is 11.7 Å². The molecule has 0 aliphatic heterocycles. The summed E-state index contributed by atoms with van der Waals surface area (Å²) in [5, 5.41) is 0. The number of halogens is 2. The zero-order chi connectivity index (χ0) is 16.8. The number of hydrogen-bond acceptors (Lipinski definition) is 4. The molecule has 1 heterocycles. The van der Waals surface area contributed by atoms with E-state index in [9.17, 15) is 8.78 Å². The van der Waals surface area contributed by atoms with Gasteiger partial charge < -0.3 is 9.64 Å². The largest absolute Gasteiger partial charge is 0.459 e. The van der Waals surface area contributed by atoms with Gasteiger partial charge in [-0.3, -0.25) is 0 Å². The quantitative estimate of drug-likeness (QED) is 0.626. The third-order valence-corrected chi connectivity index (χ3v) is 3.05. The fraction of sp³-hybridized carbons (Fsp3) is 0.312. The summed E-state index contributed by atoms with van der Waals surface area (Å²) in [5.74, 6) is -0.321. The standard InChI is InChI=1S/C16H18F2N4O/c1-4-14(22(2)3)20-15-13(18)9-19-16(21-15)23-10-11-5-7-12(17)8-6-11/h5-9H,4,10H2,1-3H3/b20-14-. The molecule has 0 atom stereocenters. The lowest BCUT2D eigenvalue weighted by Crippen LogP contribution is -2.20. The molecule has 5 nitrogen and oxygen atoms in total. The fourth-order valence-electron chi connectivity index (χ4n) is 1.84. The molecule has 0 aliphatic carbocycles. The van der Waals surface area contributed by atoms with Gasteiger partial charge in [0.25, 0.3) is 0 Å². The molecule has 0 saturated carbocycles. The Morgan fingerprint density at radius 2 is 1.91 bits per heavy atom. The van der Waals surface area contributed by atoms with E-state index < -0.39 is 5.82 Å². The van der Waals surface area contributed by atoms with Crippen LogP contribution in [0.25, 0.3) is 0 Å². The highest BCUT2D eigenvalue weighted by molar-refractivity contribution is 5.83. The van der Waals surface area contributed by atoms with Gasteiger partial charge in [-0.1, -0.05) is 19.1 Å². The van der Waals surface area contributed by atoms with Gasteiger partial charge in [0.2, 0.25) is 0 Å². The van der Waals surface area contributed by atoms with Crippen molar-refractivity contribution in [3.63, 3.8) is 0 Å². The van der Waals surface area contributed by atoms with E-state index in [0.717, 1.165) is 11.8 Å². The minimum atomic E-state index is -0.619. The molecule has 0 bridgehead atoms. The van der Waals surface area contributed by atoms with Crippen LogP contribution < -0.4 is 4.74 Å². The Hall–Kier alpha value is -2.57. The first-order chi connectivity index (χ1) is 11.0. The Bertz CT molecular complexity index is 687. The van der Waals surface area contributed by atoms with Gasteiger partial charge in [0, 0.05) is 20.5 Å². The van der Waals surface area contributed by atoms with Crippen LogP contribution in [-0.4, -0.2) is 34.8 Å². The maximum atomic E-state index is 13.8. The first-order valence-corrected chi connectivity index (χ1v) is 7.14. The van der Waals surface area contributed by atoms with Crippen LogP contribution in [0.5, 0.6) is 6.01 Å². The van der Waals surface area contributed by atoms with Gasteiger partial charge in [0.15, 0.2) is 11.6 Å². The molecule has 0 spiro atoms. The Morgan fingerprint density at radius 3 is 2.52 bits per heavy atom. The van der Waals surface area contributed by atoms with Crippen LogP contribution in [0.2, 0.25) is 0 Å². The summed E-state index contributed by atoms with van der Waals surface area (Å²) in [6.45, 7) is 2.08. The molecule has 7 heteroatoms. The molecule has 0 amide bonds. The number of ether oxygens (including phenoxy) is 1. The van der Waals surface area contributed by atoms with E-state index in [2.05, 4.69) is 15.0 Å². The van der Waals surface area contributed by atoms with Gasteiger partial charge in [-0.05, 0) is 17.7 Å². The molecule has 0 radical (unpaired) electrons. The third-order valence-electron chi connectivity index (χ3n) is 3.05. The number of aliphatic imine (C=N–C) groups is 1. The topological polar surface area (TPSA) is 50.6 Å². The van der Waals surface area contributed by atoms with Crippen molar-refractivity contribution < 1.29 is 13.5 Å². The Balaban J connectivity index is 2.15. The second-order valence-electron chi connectivity index (χ2n) is 5.02. The van der Waals surface area contributed by atoms with Crippen LogP contribution in [0.3, 0.4) is 0 Å². The van der Waals surface area contributed by atoms with E-state index in [4.69, 9.17) is 4.74 Å². The summed E-state index contributed by atoms with van der Waals surface area (Å²) in [7, 11) is 3.65. The molecule has 0 unspecified atom stereocenters. The third kappa shape index (κ3) is 4.70. The molecule has 0 saturated heterocycles. The van der Waals surface area contributed by atoms with Gasteiger partial charge >= 0.3 is 6.01 Å². The lowest BCUT2D eigenvalue weighted by Gasteiger charge is -2.13. The van der Waals surface area contributed by atoms with Crippen LogP contribution in [0.4, 0.5) is 14.6 Å². The number of rotatable bonds is 5. The maximum absolute atomic E-state index is 13.8. The average Bonchev–Trinajstić information content (AvgIpc) is 2.54. The van der Waals surface area contributed by atoms with Gasteiger partial charge in [-0.2, -0.15) is 4.98 Å². The van der Waals surface area contributed by atoms with Crippen LogP contribution in [0, 0.1) is 11.6 Å². The molecule has 1 aromatic carbocycles.